The summed E-state index contributed by atoms with van der Waals surface area (Å²) in [6.45, 7) is 6.39. The molecule has 162 valence electrons. The maximum absolute atomic E-state index is 13.7. The second-order valence-electron chi connectivity index (χ2n) is 7.00. The summed E-state index contributed by atoms with van der Waals surface area (Å²) in [6.07, 6.45) is -0.0511. The minimum absolute atomic E-state index is 0.0511. The molecule has 0 atom stereocenters. The van der Waals surface area contributed by atoms with Crippen molar-refractivity contribution in [2.24, 2.45) is 0 Å². The van der Waals surface area contributed by atoms with Gasteiger partial charge in [0.1, 0.15) is 11.6 Å². The highest BCUT2D eigenvalue weighted by molar-refractivity contribution is 7.99. The molecule has 31 heavy (non-hydrogen) atoms. The number of halogens is 1. The van der Waals surface area contributed by atoms with Crippen molar-refractivity contribution in [2.45, 2.75) is 38.9 Å². The fraction of sp³-hybridized carbons (Fsp3) is 0.273. The van der Waals surface area contributed by atoms with Crippen molar-refractivity contribution in [3.8, 4) is 0 Å². The summed E-state index contributed by atoms with van der Waals surface area (Å²) in [4.78, 5) is 24.7. The van der Waals surface area contributed by atoms with Crippen molar-refractivity contribution >= 4 is 35.0 Å². The van der Waals surface area contributed by atoms with E-state index in [2.05, 4.69) is 20.8 Å². The third kappa shape index (κ3) is 5.91. The number of aryl methyl sites for hydroxylation is 2. The van der Waals surface area contributed by atoms with Crippen LogP contribution in [-0.2, 0) is 22.6 Å². The number of para-hydroxylation sites is 1. The van der Waals surface area contributed by atoms with E-state index < -0.39 is 11.7 Å². The van der Waals surface area contributed by atoms with E-state index in [1.165, 1.54) is 23.9 Å². The molecule has 1 heterocycles. The van der Waals surface area contributed by atoms with Gasteiger partial charge >= 0.3 is 0 Å². The molecule has 2 N–H and O–H groups in total. The third-order valence-electron chi connectivity index (χ3n) is 4.56. The largest absolute Gasteiger partial charge is 0.325 e. The molecule has 0 aliphatic carbocycles. The van der Waals surface area contributed by atoms with Gasteiger partial charge in [-0.2, -0.15) is 0 Å². The molecule has 7 nitrogen and oxygen atoms in total. The van der Waals surface area contributed by atoms with Gasteiger partial charge in [-0.15, -0.1) is 10.2 Å². The zero-order valence-electron chi connectivity index (χ0n) is 17.6. The van der Waals surface area contributed by atoms with Gasteiger partial charge in [0.2, 0.25) is 11.8 Å². The first kappa shape index (κ1) is 22.5. The number of nitrogens with one attached hydrogen (secondary N) is 2. The van der Waals surface area contributed by atoms with E-state index in [9.17, 15) is 14.0 Å². The van der Waals surface area contributed by atoms with Gasteiger partial charge in [0.15, 0.2) is 5.16 Å². The molecule has 0 aliphatic heterocycles. The lowest BCUT2D eigenvalue weighted by molar-refractivity contribution is -0.116. The predicted molar refractivity (Wildman–Crippen MR) is 120 cm³/mol. The van der Waals surface area contributed by atoms with Gasteiger partial charge in [0.05, 0.1) is 17.9 Å². The summed E-state index contributed by atoms with van der Waals surface area (Å²) in [5.41, 5.74) is 3.03. The van der Waals surface area contributed by atoms with Crippen LogP contribution in [0.15, 0.2) is 47.6 Å². The van der Waals surface area contributed by atoms with Gasteiger partial charge in [0.25, 0.3) is 0 Å². The molecule has 0 aliphatic rings. The van der Waals surface area contributed by atoms with Gasteiger partial charge in [-0.05, 0) is 44.5 Å². The molecular weight excluding hydrogens is 417 g/mol. The summed E-state index contributed by atoms with van der Waals surface area (Å²) in [7, 11) is 0. The molecule has 2 amide bonds. The zero-order valence-corrected chi connectivity index (χ0v) is 18.4. The first-order chi connectivity index (χ1) is 14.9. The lowest BCUT2D eigenvalue weighted by atomic mass is 10.1. The van der Waals surface area contributed by atoms with Crippen molar-refractivity contribution in [1.29, 1.82) is 0 Å². The first-order valence-corrected chi connectivity index (χ1v) is 10.8. The van der Waals surface area contributed by atoms with E-state index >= 15 is 0 Å². The molecule has 0 radical (unpaired) electrons. The van der Waals surface area contributed by atoms with E-state index in [0.29, 0.717) is 17.5 Å². The number of rotatable bonds is 8. The Bertz CT molecular complexity index is 1100. The Labute approximate surface area is 184 Å². The first-order valence-electron chi connectivity index (χ1n) is 9.83. The van der Waals surface area contributed by atoms with Crippen LogP contribution in [0.1, 0.15) is 23.9 Å². The normalized spacial score (nSPS) is 10.7. The summed E-state index contributed by atoms with van der Waals surface area (Å²) >= 11 is 1.25. The molecule has 0 bridgehead atoms. The Morgan fingerprint density at radius 3 is 2.48 bits per heavy atom. The maximum atomic E-state index is 13.7. The third-order valence-corrected chi connectivity index (χ3v) is 5.53. The molecule has 3 aromatic rings. The number of hydrogen-bond acceptors (Lipinski definition) is 5. The summed E-state index contributed by atoms with van der Waals surface area (Å²) < 4.78 is 15.5. The molecule has 3 rings (SSSR count). The van der Waals surface area contributed by atoms with Crippen LogP contribution >= 0.6 is 11.8 Å². The van der Waals surface area contributed by atoms with Crippen LogP contribution in [0.3, 0.4) is 0 Å². The highest BCUT2D eigenvalue weighted by Crippen LogP contribution is 2.20. The molecule has 0 spiro atoms. The molecule has 0 unspecified atom stereocenters. The summed E-state index contributed by atoms with van der Waals surface area (Å²) in [6, 6.07) is 11.8. The SMILES string of the molecule is CCn1c(CC(=O)Nc2ccccc2F)nnc1SCC(=O)Nc1ccc(C)cc1C. The molecule has 0 saturated heterocycles. The molecule has 9 heteroatoms. The monoisotopic (exact) mass is 441 g/mol. The van der Waals surface area contributed by atoms with Gasteiger partial charge < -0.3 is 15.2 Å². The lowest BCUT2D eigenvalue weighted by Crippen LogP contribution is -2.18. The smallest absolute Gasteiger partial charge is 0.234 e. The van der Waals surface area contributed by atoms with Crippen LogP contribution in [-0.4, -0.2) is 32.3 Å². The fourth-order valence-electron chi connectivity index (χ4n) is 3.05. The van der Waals surface area contributed by atoms with Crippen LogP contribution in [0.4, 0.5) is 15.8 Å². The number of benzene rings is 2. The van der Waals surface area contributed by atoms with E-state index in [1.807, 2.05) is 39.0 Å². The Balaban J connectivity index is 1.59. The molecule has 2 aromatic carbocycles. The second kappa shape index (κ2) is 10.2. The standard InChI is InChI=1S/C22H24FN5O2S/c1-4-28-19(12-20(29)25-18-8-6-5-7-16(18)23)26-27-22(28)31-13-21(30)24-17-10-9-14(2)11-15(17)3/h5-11H,4,12-13H2,1-3H3,(H,24,30)(H,25,29). The van der Waals surface area contributed by atoms with Gasteiger partial charge in [-0.3, -0.25) is 9.59 Å². The average Bonchev–Trinajstić information content (AvgIpc) is 3.11. The minimum Gasteiger partial charge on any atom is -0.325 e. The number of aromatic nitrogens is 3. The molecule has 0 saturated carbocycles. The highest BCUT2D eigenvalue weighted by atomic mass is 32.2. The van der Waals surface area contributed by atoms with Crippen LogP contribution in [0.2, 0.25) is 0 Å². The van der Waals surface area contributed by atoms with Crippen LogP contribution in [0.5, 0.6) is 0 Å². The van der Waals surface area contributed by atoms with Crippen molar-refractivity contribution in [3.05, 3.63) is 65.2 Å². The summed E-state index contributed by atoms with van der Waals surface area (Å²) in [5.74, 6) is -0.433. The lowest BCUT2D eigenvalue weighted by Gasteiger charge is -2.10. The van der Waals surface area contributed by atoms with E-state index in [-0.39, 0.29) is 23.8 Å². The number of nitrogens with zero attached hydrogens (tertiary/aromatic N) is 3. The topological polar surface area (TPSA) is 88.9 Å². The molecule has 0 fully saturated rings. The van der Waals surface area contributed by atoms with Crippen molar-refractivity contribution in [3.63, 3.8) is 0 Å². The quantitative estimate of drug-likeness (QED) is 0.517. The minimum atomic E-state index is -0.501. The van der Waals surface area contributed by atoms with E-state index in [4.69, 9.17) is 0 Å². The van der Waals surface area contributed by atoms with Gasteiger partial charge in [-0.25, -0.2) is 4.39 Å². The number of anilines is 2. The highest BCUT2D eigenvalue weighted by Gasteiger charge is 2.17. The van der Waals surface area contributed by atoms with Crippen molar-refractivity contribution < 1.29 is 14.0 Å². The molecule has 1 aromatic heterocycles. The summed E-state index contributed by atoms with van der Waals surface area (Å²) in [5, 5.41) is 14.2. The van der Waals surface area contributed by atoms with Crippen molar-refractivity contribution in [1.82, 2.24) is 14.8 Å². The Morgan fingerprint density at radius 2 is 1.77 bits per heavy atom. The second-order valence-corrected chi connectivity index (χ2v) is 7.95. The Hall–Kier alpha value is -3.20. The van der Waals surface area contributed by atoms with Gasteiger partial charge in [-0.1, -0.05) is 41.6 Å². The number of amides is 2. The van der Waals surface area contributed by atoms with Crippen LogP contribution < -0.4 is 10.6 Å². The van der Waals surface area contributed by atoms with E-state index in [0.717, 1.165) is 16.8 Å². The van der Waals surface area contributed by atoms with E-state index in [1.54, 1.807) is 16.7 Å². The number of hydrogen-bond donors (Lipinski definition) is 2. The van der Waals surface area contributed by atoms with Crippen LogP contribution in [0, 0.1) is 19.7 Å². The Kier molecular flexibility index (Phi) is 7.41. The zero-order chi connectivity index (χ0) is 22.4. The average molecular weight is 442 g/mol. The predicted octanol–water partition coefficient (Wildman–Crippen LogP) is 3.97. The molecular formula is C22H24FN5O2S. The number of thioether (sulfide) groups is 1. The van der Waals surface area contributed by atoms with Crippen molar-refractivity contribution in [2.75, 3.05) is 16.4 Å². The fourth-order valence-corrected chi connectivity index (χ4v) is 3.87. The van der Waals surface area contributed by atoms with Gasteiger partial charge in [0, 0.05) is 12.2 Å². The Morgan fingerprint density at radius 1 is 1.03 bits per heavy atom. The number of carbonyl (C=O) groups excluding carboxylic acids is 2. The maximum Gasteiger partial charge on any atom is 0.234 e. The number of carbonyl (C=O) groups is 2. The van der Waals surface area contributed by atoms with Crippen LogP contribution in [0.25, 0.3) is 0 Å².